The first-order chi connectivity index (χ1) is 14.0. The maximum absolute atomic E-state index is 12.5. The molecule has 1 heterocycles. The van der Waals surface area contributed by atoms with Crippen molar-refractivity contribution in [3.63, 3.8) is 0 Å². The zero-order valence-electron chi connectivity index (χ0n) is 17.3. The average Bonchev–Trinajstić information content (AvgIpc) is 2.74. The summed E-state index contributed by atoms with van der Waals surface area (Å²) in [5, 5.41) is 0. The van der Waals surface area contributed by atoms with Crippen LogP contribution in [0.1, 0.15) is 38.7 Å². The lowest BCUT2D eigenvalue weighted by Gasteiger charge is -2.31. The van der Waals surface area contributed by atoms with Crippen molar-refractivity contribution in [2.45, 2.75) is 39.7 Å². The highest BCUT2D eigenvalue weighted by molar-refractivity contribution is 5.92. The Labute approximate surface area is 173 Å². The van der Waals surface area contributed by atoms with Gasteiger partial charge in [0.05, 0.1) is 0 Å². The van der Waals surface area contributed by atoms with E-state index < -0.39 is 0 Å². The molecule has 3 rings (SSSR count). The molecule has 2 aromatic carbocycles. The second-order valence-electron chi connectivity index (χ2n) is 7.75. The number of likely N-dealkylation sites (tertiary alicyclic amines) is 1. The van der Waals surface area contributed by atoms with Crippen LogP contribution >= 0.6 is 0 Å². The molecule has 0 N–H and O–H groups in total. The van der Waals surface area contributed by atoms with Crippen molar-refractivity contribution in [1.82, 2.24) is 4.90 Å². The fourth-order valence-corrected chi connectivity index (χ4v) is 3.56. The molecule has 0 bridgehead atoms. The van der Waals surface area contributed by atoms with E-state index in [1.807, 2.05) is 59.5 Å². The zero-order valence-corrected chi connectivity index (χ0v) is 17.3. The molecule has 1 fully saturated rings. The van der Waals surface area contributed by atoms with Crippen molar-refractivity contribution in [3.8, 4) is 5.75 Å². The molecule has 0 aromatic heterocycles. The van der Waals surface area contributed by atoms with E-state index >= 15 is 0 Å². The number of benzene rings is 2. The fourth-order valence-electron chi connectivity index (χ4n) is 3.56. The lowest BCUT2D eigenvalue weighted by molar-refractivity contribution is -0.132. The highest BCUT2D eigenvalue weighted by atomic mass is 16.5. The van der Waals surface area contributed by atoms with Crippen LogP contribution in [0.3, 0.4) is 0 Å². The summed E-state index contributed by atoms with van der Waals surface area (Å²) >= 11 is 0. The molecule has 1 aliphatic heterocycles. The normalized spacial score (nSPS) is 14.5. The van der Waals surface area contributed by atoms with E-state index in [0.29, 0.717) is 25.5 Å². The van der Waals surface area contributed by atoms with Crippen LogP contribution in [0.25, 0.3) is 0 Å². The van der Waals surface area contributed by atoms with E-state index in [-0.39, 0.29) is 11.8 Å². The van der Waals surface area contributed by atoms with Gasteiger partial charge in [0, 0.05) is 38.7 Å². The Balaban J connectivity index is 1.54. The molecule has 5 heteroatoms. The molecular formula is C24H30N2O3. The molecule has 29 heavy (non-hydrogen) atoms. The van der Waals surface area contributed by atoms with Crippen molar-refractivity contribution >= 4 is 17.5 Å². The van der Waals surface area contributed by atoms with Crippen molar-refractivity contribution in [2.24, 2.45) is 5.92 Å². The van der Waals surface area contributed by atoms with Crippen LogP contribution < -0.4 is 9.64 Å². The molecule has 0 atom stereocenters. The molecular weight excluding hydrogens is 364 g/mol. The quantitative estimate of drug-likeness (QED) is 0.705. The summed E-state index contributed by atoms with van der Waals surface area (Å²) in [6.45, 7) is 6.31. The Morgan fingerprint density at radius 1 is 1.03 bits per heavy atom. The molecule has 2 aromatic rings. The van der Waals surface area contributed by atoms with E-state index in [2.05, 4.69) is 6.92 Å². The van der Waals surface area contributed by atoms with Gasteiger partial charge in [-0.15, -0.1) is 0 Å². The van der Waals surface area contributed by atoms with Crippen LogP contribution in [-0.4, -0.2) is 36.3 Å². The third-order valence-corrected chi connectivity index (χ3v) is 5.46. The third-order valence-electron chi connectivity index (χ3n) is 5.46. The molecule has 0 spiro atoms. The Morgan fingerprint density at radius 2 is 1.69 bits per heavy atom. The van der Waals surface area contributed by atoms with E-state index in [1.165, 1.54) is 6.92 Å². The van der Waals surface area contributed by atoms with Gasteiger partial charge < -0.3 is 14.5 Å². The Morgan fingerprint density at radius 3 is 2.31 bits per heavy atom. The number of nitrogens with zero attached hydrogens (tertiary/aromatic N) is 2. The minimum Gasteiger partial charge on any atom is -0.489 e. The van der Waals surface area contributed by atoms with Gasteiger partial charge in [-0.05, 0) is 48.6 Å². The number of amides is 2. The number of hydrogen-bond donors (Lipinski definition) is 0. The number of piperidine rings is 1. The number of carbonyl (C=O) groups is 2. The molecule has 0 aliphatic carbocycles. The maximum Gasteiger partial charge on any atom is 0.224 e. The van der Waals surface area contributed by atoms with Crippen molar-refractivity contribution in [3.05, 3.63) is 60.2 Å². The van der Waals surface area contributed by atoms with Gasteiger partial charge >= 0.3 is 0 Å². The molecule has 1 aliphatic rings. The van der Waals surface area contributed by atoms with Gasteiger partial charge in [0.1, 0.15) is 12.4 Å². The monoisotopic (exact) mass is 394 g/mol. The predicted molar refractivity (Wildman–Crippen MR) is 115 cm³/mol. The largest absolute Gasteiger partial charge is 0.489 e. The third kappa shape index (κ3) is 6.08. The molecule has 0 unspecified atom stereocenters. The summed E-state index contributed by atoms with van der Waals surface area (Å²) in [7, 11) is 0. The summed E-state index contributed by atoms with van der Waals surface area (Å²) in [5.74, 6) is 1.50. The number of rotatable bonds is 7. The van der Waals surface area contributed by atoms with Gasteiger partial charge in [0.25, 0.3) is 0 Å². The topological polar surface area (TPSA) is 49.9 Å². The molecule has 0 saturated carbocycles. The molecule has 5 nitrogen and oxygen atoms in total. The van der Waals surface area contributed by atoms with Gasteiger partial charge in [-0.1, -0.05) is 37.3 Å². The minimum atomic E-state index is -0.0666. The number of anilines is 1. The number of ether oxygens (including phenoxy) is 1. The van der Waals surface area contributed by atoms with E-state index in [9.17, 15) is 9.59 Å². The van der Waals surface area contributed by atoms with Gasteiger partial charge in [0.2, 0.25) is 11.8 Å². The van der Waals surface area contributed by atoms with Gasteiger partial charge in [-0.25, -0.2) is 0 Å². The van der Waals surface area contributed by atoms with Crippen LogP contribution in [0.5, 0.6) is 5.75 Å². The average molecular weight is 395 g/mol. The van der Waals surface area contributed by atoms with Crippen LogP contribution in [0.4, 0.5) is 5.69 Å². The summed E-state index contributed by atoms with van der Waals surface area (Å²) in [6.07, 6.45) is 2.47. The van der Waals surface area contributed by atoms with E-state index in [1.54, 1.807) is 4.90 Å². The Kier molecular flexibility index (Phi) is 7.28. The summed E-state index contributed by atoms with van der Waals surface area (Å²) < 4.78 is 5.81. The summed E-state index contributed by atoms with van der Waals surface area (Å²) in [6, 6.07) is 17.5. The lowest BCUT2D eigenvalue weighted by Crippen LogP contribution is -2.40. The first-order valence-electron chi connectivity index (χ1n) is 10.4. The van der Waals surface area contributed by atoms with Gasteiger partial charge in [0.15, 0.2) is 0 Å². The highest BCUT2D eigenvalue weighted by Crippen LogP contribution is 2.22. The molecule has 2 amide bonds. The molecule has 0 radical (unpaired) electrons. The SMILES string of the molecule is CC(=O)N(CCC(=O)N1CCC(C)CC1)c1ccc(OCc2ccccc2)cc1. The Bertz CT molecular complexity index is 797. The first-order valence-corrected chi connectivity index (χ1v) is 10.4. The minimum absolute atomic E-state index is 0.0666. The standard InChI is InChI=1S/C24H30N2O3/c1-19-12-15-25(16-13-19)24(28)14-17-26(20(2)27)22-8-10-23(11-9-22)29-18-21-6-4-3-5-7-21/h3-11,19H,12-18H2,1-2H3. The van der Waals surface area contributed by atoms with Crippen molar-refractivity contribution in [1.29, 1.82) is 0 Å². The second kappa shape index (κ2) is 10.1. The summed E-state index contributed by atoms with van der Waals surface area (Å²) in [5.41, 5.74) is 1.89. The van der Waals surface area contributed by atoms with E-state index in [4.69, 9.17) is 4.74 Å². The van der Waals surface area contributed by atoms with Crippen LogP contribution in [0.2, 0.25) is 0 Å². The van der Waals surface area contributed by atoms with Gasteiger partial charge in [-0.2, -0.15) is 0 Å². The predicted octanol–water partition coefficient (Wildman–Crippen LogP) is 4.27. The highest BCUT2D eigenvalue weighted by Gasteiger charge is 2.21. The smallest absolute Gasteiger partial charge is 0.224 e. The number of carbonyl (C=O) groups excluding carboxylic acids is 2. The molecule has 1 saturated heterocycles. The number of hydrogen-bond acceptors (Lipinski definition) is 3. The van der Waals surface area contributed by atoms with Crippen LogP contribution in [0.15, 0.2) is 54.6 Å². The lowest BCUT2D eigenvalue weighted by atomic mass is 9.99. The first kappa shape index (κ1) is 20.9. The second-order valence-corrected chi connectivity index (χ2v) is 7.75. The van der Waals surface area contributed by atoms with Crippen molar-refractivity contribution in [2.75, 3.05) is 24.5 Å². The van der Waals surface area contributed by atoms with Crippen molar-refractivity contribution < 1.29 is 14.3 Å². The van der Waals surface area contributed by atoms with Crippen LogP contribution in [-0.2, 0) is 16.2 Å². The summed E-state index contributed by atoms with van der Waals surface area (Å²) in [4.78, 5) is 28.2. The fraction of sp³-hybridized carbons (Fsp3) is 0.417. The zero-order chi connectivity index (χ0) is 20.6. The maximum atomic E-state index is 12.5. The van der Waals surface area contributed by atoms with E-state index in [0.717, 1.165) is 42.9 Å². The van der Waals surface area contributed by atoms with Gasteiger partial charge in [-0.3, -0.25) is 9.59 Å². The van der Waals surface area contributed by atoms with Crippen LogP contribution in [0, 0.1) is 5.92 Å². The molecule has 154 valence electrons. The Hall–Kier alpha value is -2.82.